The van der Waals surface area contributed by atoms with Crippen LogP contribution in [-0.2, 0) is 14.3 Å². The lowest BCUT2D eigenvalue weighted by Gasteiger charge is -2.22. The zero-order chi connectivity index (χ0) is 15.9. The number of hydrogen-bond donors (Lipinski definition) is 3. The van der Waals surface area contributed by atoms with Gasteiger partial charge in [-0.25, -0.2) is 9.59 Å². The van der Waals surface area contributed by atoms with Gasteiger partial charge in [-0.2, -0.15) is 0 Å². The molecule has 0 aliphatic carbocycles. The first kappa shape index (κ1) is 18.6. The van der Waals surface area contributed by atoms with Crippen LogP contribution >= 0.6 is 11.8 Å². The molecule has 116 valence electrons. The summed E-state index contributed by atoms with van der Waals surface area (Å²) in [6.07, 6.45) is -0.683. The van der Waals surface area contributed by atoms with Crippen LogP contribution in [0.3, 0.4) is 0 Å². The molecule has 0 bridgehead atoms. The molecule has 1 amide bonds. The summed E-state index contributed by atoms with van der Waals surface area (Å²) in [5.74, 6) is -1.83. The van der Waals surface area contributed by atoms with Gasteiger partial charge in [-0.3, -0.25) is 4.79 Å². The number of ether oxygens (including phenoxy) is 1. The summed E-state index contributed by atoms with van der Waals surface area (Å²) in [5.41, 5.74) is -0.709. The van der Waals surface area contributed by atoms with Gasteiger partial charge >= 0.3 is 18.0 Å². The molecule has 0 rings (SSSR count). The Hall–Kier alpha value is -1.44. The average Bonchev–Trinajstić information content (AvgIpc) is 2.24. The summed E-state index contributed by atoms with van der Waals surface area (Å²) in [5, 5.41) is 19.3. The number of carbonyl (C=O) groups excluding carboxylic acids is 1. The molecule has 0 aliphatic rings. The van der Waals surface area contributed by atoms with E-state index >= 15 is 0 Å². The van der Waals surface area contributed by atoms with E-state index in [0.29, 0.717) is 5.75 Å². The first-order valence-corrected chi connectivity index (χ1v) is 7.14. The molecule has 2 atom stereocenters. The Morgan fingerprint density at radius 1 is 1.20 bits per heavy atom. The predicted octanol–water partition coefficient (Wildman–Crippen LogP) is 1.56. The number of amides is 1. The summed E-state index contributed by atoms with van der Waals surface area (Å²) in [7, 11) is 0. The van der Waals surface area contributed by atoms with Crippen LogP contribution in [0.2, 0.25) is 0 Å². The average molecular weight is 307 g/mol. The fourth-order valence-corrected chi connectivity index (χ4v) is 2.01. The van der Waals surface area contributed by atoms with E-state index in [4.69, 9.17) is 14.9 Å². The highest BCUT2D eigenvalue weighted by Gasteiger charge is 2.24. The highest BCUT2D eigenvalue weighted by Crippen LogP contribution is 2.13. The smallest absolute Gasteiger partial charge is 0.408 e. The molecule has 0 fully saturated rings. The van der Waals surface area contributed by atoms with Crippen LogP contribution in [0.25, 0.3) is 0 Å². The molecule has 0 aliphatic heterocycles. The Bertz CT molecular complexity index is 365. The minimum absolute atomic E-state index is 0.122. The third kappa shape index (κ3) is 8.63. The second-order valence-corrected chi connectivity index (χ2v) is 6.63. The zero-order valence-electron chi connectivity index (χ0n) is 12.0. The third-order valence-electron chi connectivity index (χ3n) is 2.11. The third-order valence-corrected chi connectivity index (χ3v) is 3.28. The second-order valence-electron chi connectivity index (χ2n) is 5.18. The largest absolute Gasteiger partial charge is 0.480 e. The van der Waals surface area contributed by atoms with Crippen molar-refractivity contribution in [2.75, 3.05) is 5.75 Å². The maximum atomic E-state index is 11.5. The second kappa shape index (κ2) is 7.98. The van der Waals surface area contributed by atoms with Crippen LogP contribution in [0.15, 0.2) is 0 Å². The van der Waals surface area contributed by atoms with Gasteiger partial charge in [0, 0.05) is 0 Å². The molecule has 2 unspecified atom stereocenters. The molecule has 0 radical (unpaired) electrons. The van der Waals surface area contributed by atoms with Crippen molar-refractivity contribution in [1.29, 1.82) is 0 Å². The van der Waals surface area contributed by atoms with Crippen LogP contribution < -0.4 is 5.32 Å². The molecule has 0 aromatic carbocycles. The van der Waals surface area contributed by atoms with Crippen molar-refractivity contribution >= 4 is 29.8 Å². The van der Waals surface area contributed by atoms with Gasteiger partial charge < -0.3 is 20.3 Å². The van der Waals surface area contributed by atoms with E-state index in [0.717, 1.165) is 11.8 Å². The van der Waals surface area contributed by atoms with E-state index in [1.165, 1.54) is 6.92 Å². The molecule has 0 aromatic rings. The van der Waals surface area contributed by atoms with Crippen LogP contribution in [0.1, 0.15) is 34.1 Å². The number of alkyl carbamates (subject to hydrolysis) is 1. The fraction of sp³-hybridized carbons (Fsp3) is 0.750. The summed E-state index contributed by atoms with van der Waals surface area (Å²) in [4.78, 5) is 33.1. The van der Waals surface area contributed by atoms with E-state index < -0.39 is 34.9 Å². The number of carboxylic acid groups (broad SMARTS) is 2. The van der Waals surface area contributed by atoms with Gasteiger partial charge in [0.1, 0.15) is 11.6 Å². The normalized spacial score (nSPS) is 14.2. The van der Waals surface area contributed by atoms with Gasteiger partial charge in [0.15, 0.2) is 0 Å². The van der Waals surface area contributed by atoms with Crippen molar-refractivity contribution in [3.05, 3.63) is 0 Å². The summed E-state index contributed by atoms with van der Waals surface area (Å²) >= 11 is 1.12. The standard InChI is InChI=1S/C12H21NO6S/c1-7(9(14)15)20-6-5-8(10(16)17)13-11(18)19-12(2,3)4/h7-8H,5-6H2,1-4H3,(H,13,18)(H,14,15)(H,16,17). The Morgan fingerprint density at radius 2 is 1.75 bits per heavy atom. The molecule has 0 aromatic heterocycles. The Kier molecular flexibility index (Phi) is 7.41. The number of thioether (sulfide) groups is 1. The van der Waals surface area contributed by atoms with Gasteiger partial charge in [0.05, 0.1) is 5.25 Å². The monoisotopic (exact) mass is 307 g/mol. The lowest BCUT2D eigenvalue weighted by Crippen LogP contribution is -2.43. The number of carbonyl (C=O) groups is 3. The van der Waals surface area contributed by atoms with Crippen LogP contribution in [-0.4, -0.2) is 50.9 Å². The maximum absolute atomic E-state index is 11.5. The predicted molar refractivity (Wildman–Crippen MR) is 75.0 cm³/mol. The van der Waals surface area contributed by atoms with E-state index in [9.17, 15) is 14.4 Å². The number of carboxylic acids is 2. The molecule has 7 nitrogen and oxygen atoms in total. The summed E-state index contributed by atoms with van der Waals surface area (Å²) < 4.78 is 4.97. The minimum Gasteiger partial charge on any atom is -0.480 e. The fourth-order valence-electron chi connectivity index (χ4n) is 1.14. The number of rotatable bonds is 7. The lowest BCUT2D eigenvalue weighted by molar-refractivity contribution is -0.139. The van der Waals surface area contributed by atoms with Crippen molar-refractivity contribution in [3.8, 4) is 0 Å². The van der Waals surface area contributed by atoms with Crippen molar-refractivity contribution in [2.24, 2.45) is 0 Å². The Balaban J connectivity index is 4.28. The summed E-state index contributed by atoms with van der Waals surface area (Å²) in [6.45, 7) is 6.54. The van der Waals surface area contributed by atoms with E-state index in [1.807, 2.05) is 0 Å². The van der Waals surface area contributed by atoms with Crippen LogP contribution in [0, 0.1) is 0 Å². The highest BCUT2D eigenvalue weighted by atomic mass is 32.2. The molecule has 20 heavy (non-hydrogen) atoms. The van der Waals surface area contributed by atoms with E-state index in [-0.39, 0.29) is 6.42 Å². The molecule has 0 spiro atoms. The van der Waals surface area contributed by atoms with E-state index in [1.54, 1.807) is 20.8 Å². The summed E-state index contributed by atoms with van der Waals surface area (Å²) in [6, 6.07) is -1.10. The molecule has 0 heterocycles. The first-order valence-electron chi connectivity index (χ1n) is 6.09. The Labute approximate surface area is 122 Å². The molecule has 3 N–H and O–H groups in total. The first-order chi connectivity index (χ1) is 9.03. The molecule has 0 saturated carbocycles. The van der Waals surface area contributed by atoms with Crippen LogP contribution in [0.5, 0.6) is 0 Å². The molecular formula is C12H21NO6S. The van der Waals surface area contributed by atoms with Crippen molar-refractivity contribution in [3.63, 3.8) is 0 Å². The van der Waals surface area contributed by atoms with Crippen LogP contribution in [0.4, 0.5) is 4.79 Å². The molecule has 0 saturated heterocycles. The van der Waals surface area contributed by atoms with E-state index in [2.05, 4.69) is 5.32 Å². The number of aliphatic carboxylic acids is 2. The number of nitrogens with one attached hydrogen (secondary N) is 1. The van der Waals surface area contributed by atoms with Crippen molar-refractivity contribution < 1.29 is 29.3 Å². The number of hydrogen-bond acceptors (Lipinski definition) is 5. The van der Waals surface area contributed by atoms with Gasteiger partial charge in [-0.05, 0) is 39.9 Å². The highest BCUT2D eigenvalue weighted by molar-refractivity contribution is 8.00. The SMILES string of the molecule is CC(SCCC(NC(=O)OC(C)(C)C)C(=O)O)C(=O)O. The molecule has 8 heteroatoms. The van der Waals surface area contributed by atoms with Gasteiger partial charge in [0.2, 0.25) is 0 Å². The van der Waals surface area contributed by atoms with Gasteiger partial charge in [0.25, 0.3) is 0 Å². The lowest BCUT2D eigenvalue weighted by atomic mass is 10.2. The van der Waals surface area contributed by atoms with Crippen molar-refractivity contribution in [2.45, 2.75) is 51.0 Å². The minimum atomic E-state index is -1.18. The zero-order valence-corrected chi connectivity index (χ0v) is 12.8. The van der Waals surface area contributed by atoms with Gasteiger partial charge in [-0.1, -0.05) is 0 Å². The quantitative estimate of drug-likeness (QED) is 0.654. The van der Waals surface area contributed by atoms with Gasteiger partial charge in [-0.15, -0.1) is 11.8 Å². The molecular weight excluding hydrogens is 286 g/mol. The van der Waals surface area contributed by atoms with Crippen molar-refractivity contribution in [1.82, 2.24) is 5.32 Å². The topological polar surface area (TPSA) is 113 Å². The Morgan fingerprint density at radius 3 is 2.15 bits per heavy atom. The maximum Gasteiger partial charge on any atom is 0.408 e.